The van der Waals surface area contributed by atoms with Gasteiger partial charge in [0.05, 0.1) is 0 Å². The quantitative estimate of drug-likeness (QED) is 0.700. The Hall–Kier alpha value is -2.35. The molecule has 0 spiro atoms. The van der Waals surface area contributed by atoms with Crippen LogP contribution in [0.2, 0.25) is 0 Å². The number of carbonyl (C=O) groups is 1. The predicted octanol–water partition coefficient (Wildman–Crippen LogP) is 4.79. The first-order valence-electron chi connectivity index (χ1n) is 9.37. The molecule has 1 unspecified atom stereocenters. The van der Waals surface area contributed by atoms with Gasteiger partial charge in [0.1, 0.15) is 23.6 Å². The number of likely N-dealkylation sites (tertiary alicyclic amines) is 1. The van der Waals surface area contributed by atoms with Crippen LogP contribution in [-0.2, 0) is 4.74 Å². The van der Waals surface area contributed by atoms with Gasteiger partial charge in [0.15, 0.2) is 0 Å². The monoisotopic (exact) mass is 447 g/mol. The molecule has 0 saturated carbocycles. The van der Waals surface area contributed by atoms with E-state index < -0.39 is 5.60 Å². The highest BCUT2D eigenvalue weighted by atomic mass is 79.9. The number of hydrogen-bond donors (Lipinski definition) is 2. The molecule has 0 aliphatic carbocycles. The molecule has 1 aromatic carbocycles. The van der Waals surface area contributed by atoms with Crippen LogP contribution in [0, 0.1) is 0 Å². The van der Waals surface area contributed by atoms with E-state index in [1.54, 1.807) is 4.90 Å². The molecule has 28 heavy (non-hydrogen) atoms. The Kier molecular flexibility index (Phi) is 6.39. The lowest BCUT2D eigenvalue weighted by Crippen LogP contribution is -2.47. The predicted molar refractivity (Wildman–Crippen MR) is 114 cm³/mol. The molecule has 1 aliphatic heterocycles. The van der Waals surface area contributed by atoms with Gasteiger partial charge in [-0.2, -0.15) is 0 Å². The molecule has 0 bridgehead atoms. The molecular weight excluding hydrogens is 422 g/mol. The summed E-state index contributed by atoms with van der Waals surface area (Å²) < 4.78 is 6.49. The SMILES string of the molecule is CC(C)(C)OC(=O)N1CCCC(Nc2cc(Nc3cccc(Br)c3)ncn2)C1. The molecule has 8 heteroatoms. The smallest absolute Gasteiger partial charge is 0.410 e. The lowest BCUT2D eigenvalue weighted by Gasteiger charge is -2.34. The fraction of sp³-hybridized carbons (Fsp3) is 0.450. The molecule has 1 fully saturated rings. The van der Waals surface area contributed by atoms with E-state index in [0.717, 1.165) is 28.8 Å². The van der Waals surface area contributed by atoms with Crippen molar-refractivity contribution < 1.29 is 9.53 Å². The molecule has 1 aromatic heterocycles. The molecule has 2 N–H and O–H groups in total. The second-order valence-corrected chi connectivity index (χ2v) is 8.75. The summed E-state index contributed by atoms with van der Waals surface area (Å²) in [6.45, 7) is 6.95. The Morgan fingerprint density at radius 3 is 2.79 bits per heavy atom. The third kappa shape index (κ3) is 6.09. The highest BCUT2D eigenvalue weighted by molar-refractivity contribution is 9.10. The molecule has 1 atom stereocenters. The van der Waals surface area contributed by atoms with Crippen LogP contribution < -0.4 is 10.6 Å². The summed E-state index contributed by atoms with van der Waals surface area (Å²) in [7, 11) is 0. The van der Waals surface area contributed by atoms with E-state index in [2.05, 4.69) is 36.5 Å². The number of amides is 1. The van der Waals surface area contributed by atoms with Crippen molar-refractivity contribution in [3.63, 3.8) is 0 Å². The zero-order chi connectivity index (χ0) is 20.1. The van der Waals surface area contributed by atoms with E-state index in [9.17, 15) is 4.79 Å². The first-order valence-corrected chi connectivity index (χ1v) is 10.2. The zero-order valence-corrected chi connectivity index (χ0v) is 18.0. The summed E-state index contributed by atoms with van der Waals surface area (Å²) in [4.78, 5) is 22.7. The fourth-order valence-electron chi connectivity index (χ4n) is 3.02. The van der Waals surface area contributed by atoms with Gasteiger partial charge in [-0.3, -0.25) is 0 Å². The van der Waals surface area contributed by atoms with Crippen molar-refractivity contribution >= 4 is 39.3 Å². The molecule has 150 valence electrons. The van der Waals surface area contributed by atoms with Crippen LogP contribution in [0.25, 0.3) is 0 Å². The lowest BCUT2D eigenvalue weighted by molar-refractivity contribution is 0.0206. The van der Waals surface area contributed by atoms with Gasteiger partial charge in [-0.25, -0.2) is 14.8 Å². The number of ether oxygens (including phenoxy) is 1. The fourth-order valence-corrected chi connectivity index (χ4v) is 3.41. The summed E-state index contributed by atoms with van der Waals surface area (Å²) in [5.41, 5.74) is 0.449. The Balaban J connectivity index is 1.61. The standard InChI is InChI=1S/C20H26BrN5O2/c1-20(2,3)28-19(27)26-9-5-8-16(12-26)25-18-11-17(22-13-23-18)24-15-7-4-6-14(21)10-15/h4,6-7,10-11,13,16H,5,8-9,12H2,1-3H3,(H2,22,23,24,25). The average Bonchev–Trinajstić information content (AvgIpc) is 2.61. The van der Waals surface area contributed by atoms with Gasteiger partial charge in [0.25, 0.3) is 0 Å². The maximum absolute atomic E-state index is 12.3. The van der Waals surface area contributed by atoms with E-state index in [1.165, 1.54) is 6.33 Å². The average molecular weight is 448 g/mol. The molecule has 7 nitrogen and oxygen atoms in total. The van der Waals surface area contributed by atoms with Crippen LogP contribution in [0.4, 0.5) is 22.1 Å². The summed E-state index contributed by atoms with van der Waals surface area (Å²) in [6.07, 6.45) is 3.15. The summed E-state index contributed by atoms with van der Waals surface area (Å²) >= 11 is 3.46. The van der Waals surface area contributed by atoms with Gasteiger partial charge in [-0.15, -0.1) is 0 Å². The van der Waals surface area contributed by atoms with Crippen LogP contribution >= 0.6 is 15.9 Å². The highest BCUT2D eigenvalue weighted by Crippen LogP contribution is 2.22. The van der Waals surface area contributed by atoms with E-state index >= 15 is 0 Å². The molecule has 1 saturated heterocycles. The number of rotatable bonds is 4. The first kappa shape index (κ1) is 20.4. The van der Waals surface area contributed by atoms with Crippen LogP contribution in [-0.4, -0.2) is 45.7 Å². The summed E-state index contributed by atoms with van der Waals surface area (Å²) in [5, 5.41) is 6.69. The zero-order valence-electron chi connectivity index (χ0n) is 16.4. The van der Waals surface area contributed by atoms with Crippen molar-refractivity contribution in [3.8, 4) is 0 Å². The Morgan fingerprint density at radius 2 is 2.04 bits per heavy atom. The topological polar surface area (TPSA) is 79.4 Å². The van der Waals surface area contributed by atoms with Gasteiger partial charge in [0, 0.05) is 35.4 Å². The van der Waals surface area contributed by atoms with Crippen LogP contribution in [0.1, 0.15) is 33.6 Å². The number of anilines is 3. The van der Waals surface area contributed by atoms with Crippen molar-refractivity contribution in [2.24, 2.45) is 0 Å². The summed E-state index contributed by atoms with van der Waals surface area (Å²) in [6, 6.07) is 9.87. The normalized spacial score (nSPS) is 17.1. The van der Waals surface area contributed by atoms with Gasteiger partial charge < -0.3 is 20.3 Å². The number of nitrogens with one attached hydrogen (secondary N) is 2. The van der Waals surface area contributed by atoms with E-state index in [1.807, 2.05) is 51.1 Å². The second kappa shape index (κ2) is 8.77. The van der Waals surface area contributed by atoms with Crippen molar-refractivity contribution in [2.75, 3.05) is 23.7 Å². The number of carbonyl (C=O) groups excluding carboxylic acids is 1. The molecular formula is C20H26BrN5O2. The number of halogens is 1. The lowest BCUT2D eigenvalue weighted by atomic mass is 10.1. The van der Waals surface area contributed by atoms with Gasteiger partial charge in [-0.1, -0.05) is 22.0 Å². The van der Waals surface area contributed by atoms with Crippen molar-refractivity contribution in [2.45, 2.75) is 45.3 Å². The van der Waals surface area contributed by atoms with Crippen LogP contribution in [0.5, 0.6) is 0 Å². The van der Waals surface area contributed by atoms with E-state index in [4.69, 9.17) is 4.74 Å². The van der Waals surface area contributed by atoms with E-state index in [0.29, 0.717) is 18.9 Å². The van der Waals surface area contributed by atoms with Crippen molar-refractivity contribution in [1.82, 2.24) is 14.9 Å². The third-order valence-corrected chi connectivity index (χ3v) is 4.68. The van der Waals surface area contributed by atoms with Crippen molar-refractivity contribution in [3.05, 3.63) is 41.1 Å². The number of aromatic nitrogens is 2. The maximum atomic E-state index is 12.3. The minimum atomic E-state index is -0.489. The molecule has 2 aromatic rings. The van der Waals surface area contributed by atoms with Crippen LogP contribution in [0.15, 0.2) is 41.1 Å². The number of benzene rings is 1. The van der Waals surface area contributed by atoms with Crippen molar-refractivity contribution in [1.29, 1.82) is 0 Å². The van der Waals surface area contributed by atoms with Gasteiger partial charge in [0.2, 0.25) is 0 Å². The maximum Gasteiger partial charge on any atom is 0.410 e. The van der Waals surface area contributed by atoms with Crippen LogP contribution in [0.3, 0.4) is 0 Å². The third-order valence-electron chi connectivity index (χ3n) is 4.19. The Morgan fingerprint density at radius 1 is 1.25 bits per heavy atom. The molecule has 3 rings (SSSR count). The van der Waals surface area contributed by atoms with Gasteiger partial charge in [-0.05, 0) is 51.8 Å². The largest absolute Gasteiger partial charge is 0.444 e. The Labute approximate surface area is 174 Å². The molecule has 0 radical (unpaired) electrons. The molecule has 2 heterocycles. The minimum Gasteiger partial charge on any atom is -0.444 e. The second-order valence-electron chi connectivity index (χ2n) is 7.83. The van der Waals surface area contributed by atoms with Gasteiger partial charge >= 0.3 is 6.09 Å². The van der Waals surface area contributed by atoms with E-state index in [-0.39, 0.29) is 12.1 Å². The first-order chi connectivity index (χ1) is 13.3. The minimum absolute atomic E-state index is 0.120. The summed E-state index contributed by atoms with van der Waals surface area (Å²) in [5.74, 6) is 1.43. The molecule has 1 aliphatic rings. The molecule has 1 amide bonds. The number of piperidine rings is 1. The number of hydrogen-bond acceptors (Lipinski definition) is 6. The highest BCUT2D eigenvalue weighted by Gasteiger charge is 2.27. The Bertz CT molecular complexity index is 824. The number of nitrogens with zero attached hydrogens (tertiary/aromatic N) is 3.